The normalized spacial score (nSPS) is 15.2. The number of carbonyl (C=O) groups is 1. The summed E-state index contributed by atoms with van der Waals surface area (Å²) in [6, 6.07) is 7.91. The Morgan fingerprint density at radius 2 is 1.92 bits per heavy atom. The molecule has 67 valence electrons. The molecule has 1 aromatic rings. The molecule has 1 amide bonds. The number of benzene rings is 1. The minimum Gasteiger partial charge on any atom is -0.300 e. The molecule has 0 saturated heterocycles. The SMILES string of the molecule is [O]C(=O)N1CCc2ccccc2C1. The molecule has 1 aliphatic rings. The molecular formula is C10H10NO2. The van der Waals surface area contributed by atoms with Crippen molar-refractivity contribution in [3.8, 4) is 0 Å². The lowest BCUT2D eigenvalue weighted by Gasteiger charge is -2.25. The number of carbonyl (C=O) groups excluding carboxylic acids is 1. The minimum atomic E-state index is -1.07. The number of nitrogens with zero attached hydrogens (tertiary/aromatic N) is 1. The summed E-state index contributed by atoms with van der Waals surface area (Å²) in [4.78, 5) is 11.9. The minimum absolute atomic E-state index is 0.471. The molecule has 0 aliphatic carbocycles. The zero-order chi connectivity index (χ0) is 9.26. The van der Waals surface area contributed by atoms with E-state index in [0.29, 0.717) is 13.1 Å². The molecule has 0 saturated carbocycles. The predicted octanol–water partition coefficient (Wildman–Crippen LogP) is 1.60. The maximum atomic E-state index is 10.6. The molecule has 1 aromatic carbocycles. The van der Waals surface area contributed by atoms with Crippen molar-refractivity contribution in [2.45, 2.75) is 13.0 Å². The van der Waals surface area contributed by atoms with E-state index in [0.717, 1.165) is 12.0 Å². The average Bonchev–Trinajstić information content (AvgIpc) is 2.17. The number of fused-ring (bicyclic) bond motifs is 1. The summed E-state index contributed by atoms with van der Waals surface area (Å²) in [6.07, 6.45) is -0.279. The summed E-state index contributed by atoms with van der Waals surface area (Å²) in [5.74, 6) is 0. The Morgan fingerprint density at radius 3 is 2.62 bits per heavy atom. The molecule has 0 unspecified atom stereocenters. The van der Waals surface area contributed by atoms with Crippen LogP contribution in [0.15, 0.2) is 24.3 Å². The second kappa shape index (κ2) is 3.09. The standard InChI is InChI=1S/C10H10NO2/c12-10(13)11-6-5-8-3-1-2-4-9(8)7-11/h1-4H,5-7H2. The number of rotatable bonds is 0. The molecule has 0 atom stereocenters. The number of hydrogen-bond acceptors (Lipinski definition) is 1. The van der Waals surface area contributed by atoms with E-state index in [1.165, 1.54) is 10.5 Å². The van der Waals surface area contributed by atoms with E-state index >= 15 is 0 Å². The van der Waals surface area contributed by atoms with Crippen molar-refractivity contribution >= 4 is 6.09 Å². The fraction of sp³-hybridized carbons (Fsp3) is 0.300. The molecule has 0 spiro atoms. The molecule has 3 heteroatoms. The van der Waals surface area contributed by atoms with Gasteiger partial charge >= 0.3 is 6.09 Å². The van der Waals surface area contributed by atoms with E-state index in [-0.39, 0.29) is 0 Å². The van der Waals surface area contributed by atoms with Crippen LogP contribution in [-0.4, -0.2) is 17.5 Å². The van der Waals surface area contributed by atoms with Gasteiger partial charge in [0.05, 0.1) is 0 Å². The zero-order valence-electron chi connectivity index (χ0n) is 7.19. The van der Waals surface area contributed by atoms with Crippen molar-refractivity contribution in [1.82, 2.24) is 4.90 Å². The zero-order valence-corrected chi connectivity index (χ0v) is 7.19. The van der Waals surface area contributed by atoms with Crippen LogP contribution in [0.25, 0.3) is 0 Å². The molecule has 1 radical (unpaired) electrons. The van der Waals surface area contributed by atoms with Gasteiger partial charge in [0, 0.05) is 13.1 Å². The Hall–Kier alpha value is -1.51. The summed E-state index contributed by atoms with van der Waals surface area (Å²) in [5, 5.41) is 10.6. The van der Waals surface area contributed by atoms with Crippen LogP contribution < -0.4 is 0 Å². The Kier molecular flexibility index (Phi) is 1.93. The average molecular weight is 176 g/mol. The Labute approximate surface area is 76.6 Å². The summed E-state index contributed by atoms with van der Waals surface area (Å²) in [6.45, 7) is 1.03. The Bertz CT molecular complexity index is 335. The largest absolute Gasteiger partial charge is 0.453 e. The molecule has 0 bridgehead atoms. The first-order valence-electron chi connectivity index (χ1n) is 4.30. The number of hydrogen-bond donors (Lipinski definition) is 0. The van der Waals surface area contributed by atoms with E-state index in [1.54, 1.807) is 0 Å². The van der Waals surface area contributed by atoms with Crippen LogP contribution in [0.1, 0.15) is 11.1 Å². The van der Waals surface area contributed by atoms with E-state index in [2.05, 4.69) is 0 Å². The molecule has 0 fully saturated rings. The third-order valence-electron chi connectivity index (χ3n) is 2.39. The molecular weight excluding hydrogens is 166 g/mol. The first-order chi connectivity index (χ1) is 6.27. The highest BCUT2D eigenvalue weighted by Crippen LogP contribution is 2.18. The third-order valence-corrected chi connectivity index (χ3v) is 2.39. The van der Waals surface area contributed by atoms with Gasteiger partial charge in [-0.2, -0.15) is 0 Å². The molecule has 3 nitrogen and oxygen atoms in total. The van der Waals surface area contributed by atoms with Gasteiger partial charge in [0.1, 0.15) is 0 Å². The fourth-order valence-corrected chi connectivity index (χ4v) is 1.65. The molecule has 1 aliphatic heterocycles. The lowest BCUT2D eigenvalue weighted by Crippen LogP contribution is -2.34. The smallest absolute Gasteiger partial charge is 0.300 e. The third kappa shape index (κ3) is 1.49. The highest BCUT2D eigenvalue weighted by Gasteiger charge is 2.20. The molecule has 1 heterocycles. The van der Waals surface area contributed by atoms with Crippen molar-refractivity contribution in [3.05, 3.63) is 35.4 Å². The van der Waals surface area contributed by atoms with Crippen molar-refractivity contribution in [1.29, 1.82) is 0 Å². The molecule has 13 heavy (non-hydrogen) atoms. The van der Waals surface area contributed by atoms with Crippen LogP contribution in [0.3, 0.4) is 0 Å². The Balaban J connectivity index is 2.24. The van der Waals surface area contributed by atoms with E-state index < -0.39 is 6.09 Å². The van der Waals surface area contributed by atoms with Gasteiger partial charge < -0.3 is 4.90 Å². The highest BCUT2D eigenvalue weighted by atomic mass is 16.4. The van der Waals surface area contributed by atoms with Gasteiger partial charge in [-0.1, -0.05) is 24.3 Å². The maximum Gasteiger partial charge on any atom is 0.453 e. The second-order valence-corrected chi connectivity index (χ2v) is 3.21. The van der Waals surface area contributed by atoms with Crippen LogP contribution in [0, 0.1) is 0 Å². The van der Waals surface area contributed by atoms with E-state index in [9.17, 15) is 9.90 Å². The van der Waals surface area contributed by atoms with Crippen LogP contribution in [-0.2, 0) is 18.1 Å². The van der Waals surface area contributed by atoms with Crippen molar-refractivity contribution in [3.63, 3.8) is 0 Å². The van der Waals surface area contributed by atoms with Gasteiger partial charge in [0.25, 0.3) is 0 Å². The first kappa shape index (κ1) is 8.10. The predicted molar refractivity (Wildman–Crippen MR) is 46.6 cm³/mol. The van der Waals surface area contributed by atoms with Crippen LogP contribution in [0.2, 0.25) is 0 Å². The van der Waals surface area contributed by atoms with Crippen molar-refractivity contribution < 1.29 is 9.90 Å². The molecule has 0 aromatic heterocycles. The van der Waals surface area contributed by atoms with E-state index in [1.807, 2.05) is 24.3 Å². The molecule has 0 N–H and O–H groups in total. The van der Waals surface area contributed by atoms with Gasteiger partial charge in [-0.15, -0.1) is 0 Å². The quantitative estimate of drug-likeness (QED) is 0.591. The first-order valence-corrected chi connectivity index (χ1v) is 4.30. The Morgan fingerprint density at radius 1 is 1.23 bits per heavy atom. The van der Waals surface area contributed by atoms with Crippen LogP contribution in [0.4, 0.5) is 4.79 Å². The van der Waals surface area contributed by atoms with E-state index in [4.69, 9.17) is 0 Å². The van der Waals surface area contributed by atoms with Gasteiger partial charge in [-0.25, -0.2) is 9.90 Å². The van der Waals surface area contributed by atoms with Crippen LogP contribution in [0.5, 0.6) is 0 Å². The highest BCUT2D eigenvalue weighted by molar-refractivity contribution is 5.65. The lowest BCUT2D eigenvalue weighted by atomic mass is 10.0. The van der Waals surface area contributed by atoms with Gasteiger partial charge in [-0.3, -0.25) is 0 Å². The van der Waals surface area contributed by atoms with Gasteiger partial charge in [0.2, 0.25) is 0 Å². The molecule has 2 rings (SSSR count). The van der Waals surface area contributed by atoms with Crippen molar-refractivity contribution in [2.24, 2.45) is 0 Å². The number of amides is 1. The van der Waals surface area contributed by atoms with Gasteiger partial charge in [-0.05, 0) is 17.5 Å². The summed E-state index contributed by atoms with van der Waals surface area (Å²) in [5.41, 5.74) is 2.35. The topological polar surface area (TPSA) is 40.2 Å². The van der Waals surface area contributed by atoms with Crippen molar-refractivity contribution in [2.75, 3.05) is 6.54 Å². The summed E-state index contributed by atoms with van der Waals surface area (Å²) < 4.78 is 0. The second-order valence-electron chi connectivity index (χ2n) is 3.21. The summed E-state index contributed by atoms with van der Waals surface area (Å²) in [7, 11) is 0. The monoisotopic (exact) mass is 176 g/mol. The van der Waals surface area contributed by atoms with Gasteiger partial charge in [0.15, 0.2) is 0 Å². The maximum absolute atomic E-state index is 10.6. The fourth-order valence-electron chi connectivity index (χ4n) is 1.65. The van der Waals surface area contributed by atoms with Crippen LogP contribution >= 0.6 is 0 Å². The lowest BCUT2D eigenvalue weighted by molar-refractivity contribution is 0.114. The summed E-state index contributed by atoms with van der Waals surface area (Å²) >= 11 is 0.